The average Bonchev–Trinajstić information content (AvgIpc) is 2.27. The highest BCUT2D eigenvalue weighted by atomic mass is 35.5. The minimum Gasteiger partial charge on any atom is -0.438 e. The molecule has 2 rings (SSSR count). The molecule has 1 amide bonds. The number of carbonyl (C=O) groups excluding carboxylic acids is 1. The predicted octanol–water partition coefficient (Wildman–Crippen LogP) is 2.70. The van der Waals surface area contributed by atoms with Crippen LogP contribution >= 0.6 is 11.6 Å². The molecular weight excluding hydrogens is 252 g/mol. The minimum absolute atomic E-state index is 0.00644. The lowest BCUT2D eigenvalue weighted by molar-refractivity contribution is 0.0939. The van der Waals surface area contributed by atoms with E-state index in [4.69, 9.17) is 21.4 Å². The molecule has 5 heteroatoms. The molecule has 0 saturated carbocycles. The number of fused-ring (bicyclic) bond motifs is 1. The van der Waals surface area contributed by atoms with Crippen molar-refractivity contribution in [3.63, 3.8) is 0 Å². The summed E-state index contributed by atoms with van der Waals surface area (Å²) < 4.78 is 5.30. The number of rotatable bonds is 2. The maximum Gasteiger partial charge on any atom is 0.256 e. The lowest BCUT2D eigenvalue weighted by Gasteiger charge is -2.08. The lowest BCUT2D eigenvalue weighted by atomic mass is 10.1. The predicted molar refractivity (Wildman–Crippen MR) is 69.7 cm³/mol. The Bertz CT molecular complexity index is 662. The highest BCUT2D eigenvalue weighted by molar-refractivity contribution is 6.31. The maximum absolute atomic E-state index is 11.9. The van der Waals surface area contributed by atoms with Crippen molar-refractivity contribution in [2.75, 3.05) is 0 Å². The zero-order chi connectivity index (χ0) is 13.3. The van der Waals surface area contributed by atoms with Gasteiger partial charge in [-0.25, -0.2) is 0 Å². The van der Waals surface area contributed by atoms with Crippen LogP contribution in [0.25, 0.3) is 11.0 Å². The van der Waals surface area contributed by atoms with E-state index >= 15 is 0 Å². The summed E-state index contributed by atoms with van der Waals surface area (Å²) in [4.78, 5) is 11.9. The Morgan fingerprint density at radius 1 is 1.39 bits per heavy atom. The molecule has 2 aromatic rings. The van der Waals surface area contributed by atoms with Crippen molar-refractivity contribution in [3.05, 3.63) is 40.4 Å². The second kappa shape index (κ2) is 4.82. The van der Waals surface area contributed by atoms with Gasteiger partial charge in [0.1, 0.15) is 11.1 Å². The second-order valence-corrected chi connectivity index (χ2v) is 4.74. The van der Waals surface area contributed by atoms with Crippen LogP contribution in [0, 0.1) is 5.41 Å². The topological polar surface area (TPSA) is 66.1 Å². The van der Waals surface area contributed by atoms with Crippen molar-refractivity contribution in [2.45, 2.75) is 19.9 Å². The van der Waals surface area contributed by atoms with Crippen molar-refractivity contribution < 1.29 is 9.21 Å². The van der Waals surface area contributed by atoms with E-state index in [1.165, 1.54) is 0 Å². The monoisotopic (exact) mass is 264 g/mol. The van der Waals surface area contributed by atoms with Crippen LogP contribution in [0.2, 0.25) is 5.02 Å². The van der Waals surface area contributed by atoms with Crippen LogP contribution in [-0.4, -0.2) is 11.9 Å². The van der Waals surface area contributed by atoms with E-state index < -0.39 is 0 Å². The normalized spacial score (nSPS) is 10.9. The van der Waals surface area contributed by atoms with Crippen molar-refractivity contribution in [1.29, 1.82) is 5.41 Å². The van der Waals surface area contributed by atoms with E-state index in [0.717, 1.165) is 0 Å². The van der Waals surface area contributed by atoms with Gasteiger partial charge < -0.3 is 9.73 Å². The van der Waals surface area contributed by atoms with Gasteiger partial charge in [-0.2, -0.15) is 0 Å². The van der Waals surface area contributed by atoms with Crippen molar-refractivity contribution in [2.24, 2.45) is 0 Å². The molecule has 0 radical (unpaired) electrons. The van der Waals surface area contributed by atoms with E-state index in [0.29, 0.717) is 16.0 Å². The third-order valence-corrected chi connectivity index (χ3v) is 2.63. The number of hydrogen-bond acceptors (Lipinski definition) is 3. The van der Waals surface area contributed by atoms with Gasteiger partial charge in [-0.05, 0) is 38.1 Å². The molecule has 0 aliphatic rings. The molecule has 0 spiro atoms. The summed E-state index contributed by atoms with van der Waals surface area (Å²) in [6.45, 7) is 3.72. The average molecular weight is 265 g/mol. The Morgan fingerprint density at radius 3 is 2.78 bits per heavy atom. The number of amides is 1. The Hall–Kier alpha value is -1.81. The molecule has 0 aliphatic carbocycles. The number of carbonyl (C=O) groups is 1. The van der Waals surface area contributed by atoms with E-state index in [9.17, 15) is 4.79 Å². The summed E-state index contributed by atoms with van der Waals surface area (Å²) in [6, 6.07) is 6.68. The van der Waals surface area contributed by atoms with Gasteiger partial charge in [0, 0.05) is 16.5 Å². The molecule has 0 unspecified atom stereocenters. The van der Waals surface area contributed by atoms with Gasteiger partial charge in [-0.3, -0.25) is 10.2 Å². The smallest absolute Gasteiger partial charge is 0.256 e. The summed E-state index contributed by atoms with van der Waals surface area (Å²) in [5.74, 6) is -0.319. The molecule has 1 aromatic heterocycles. The summed E-state index contributed by atoms with van der Waals surface area (Å²) in [5, 5.41) is 11.7. The van der Waals surface area contributed by atoms with Gasteiger partial charge in [0.2, 0.25) is 5.55 Å². The third kappa shape index (κ3) is 2.54. The summed E-state index contributed by atoms with van der Waals surface area (Å²) in [6.07, 6.45) is 0. The van der Waals surface area contributed by atoms with E-state index in [1.54, 1.807) is 24.3 Å². The molecule has 0 bridgehead atoms. The van der Waals surface area contributed by atoms with Gasteiger partial charge in [0.25, 0.3) is 5.91 Å². The van der Waals surface area contributed by atoms with Crippen molar-refractivity contribution in [1.82, 2.24) is 5.32 Å². The van der Waals surface area contributed by atoms with Crippen LogP contribution in [0.3, 0.4) is 0 Å². The Labute approximate surface area is 109 Å². The second-order valence-electron chi connectivity index (χ2n) is 4.30. The van der Waals surface area contributed by atoms with Crippen molar-refractivity contribution >= 4 is 28.5 Å². The third-order valence-electron chi connectivity index (χ3n) is 2.39. The minimum atomic E-state index is -0.319. The van der Waals surface area contributed by atoms with Gasteiger partial charge in [0.05, 0.1) is 0 Å². The molecular formula is C13H13ClN2O2. The summed E-state index contributed by atoms with van der Waals surface area (Å²) >= 11 is 5.89. The highest BCUT2D eigenvalue weighted by Gasteiger charge is 2.12. The van der Waals surface area contributed by atoms with Gasteiger partial charge in [-0.1, -0.05) is 11.6 Å². The molecule has 1 heterocycles. The first kappa shape index (κ1) is 12.6. The van der Waals surface area contributed by atoms with Gasteiger partial charge in [-0.15, -0.1) is 0 Å². The van der Waals surface area contributed by atoms with E-state index in [2.05, 4.69) is 5.32 Å². The van der Waals surface area contributed by atoms with Crippen LogP contribution in [-0.2, 0) is 0 Å². The van der Waals surface area contributed by atoms with Crippen LogP contribution in [0.4, 0.5) is 0 Å². The first-order chi connectivity index (χ1) is 8.47. The fourth-order valence-electron chi connectivity index (χ4n) is 1.62. The Morgan fingerprint density at radius 2 is 2.11 bits per heavy atom. The van der Waals surface area contributed by atoms with Gasteiger partial charge >= 0.3 is 0 Å². The van der Waals surface area contributed by atoms with Crippen LogP contribution in [0.1, 0.15) is 24.2 Å². The number of hydrogen-bond donors (Lipinski definition) is 2. The summed E-state index contributed by atoms with van der Waals surface area (Å²) in [7, 11) is 0. The molecule has 94 valence electrons. The molecule has 0 fully saturated rings. The summed E-state index contributed by atoms with van der Waals surface area (Å²) in [5.41, 5.74) is 0.590. The van der Waals surface area contributed by atoms with Crippen LogP contribution in [0.5, 0.6) is 0 Å². The number of nitrogens with one attached hydrogen (secondary N) is 2. The standard InChI is InChI=1S/C13H13ClN2O2/c1-7(2)16-13(17)10-6-8-5-9(14)3-4-11(8)18-12(10)15/h3-7,15H,1-2H3,(H,16,17). The first-order valence-corrected chi connectivity index (χ1v) is 5.94. The fraction of sp³-hybridized carbons (Fsp3) is 0.231. The zero-order valence-electron chi connectivity index (χ0n) is 10.1. The quantitative estimate of drug-likeness (QED) is 0.876. The largest absolute Gasteiger partial charge is 0.438 e. The first-order valence-electron chi connectivity index (χ1n) is 5.56. The molecule has 0 atom stereocenters. The molecule has 0 saturated heterocycles. The molecule has 0 aliphatic heterocycles. The maximum atomic E-state index is 11.9. The van der Waals surface area contributed by atoms with Gasteiger partial charge in [0.15, 0.2) is 0 Å². The number of benzene rings is 1. The zero-order valence-corrected chi connectivity index (χ0v) is 10.8. The number of halogens is 1. The molecule has 1 aromatic carbocycles. The Kier molecular flexibility index (Phi) is 3.39. The van der Waals surface area contributed by atoms with Crippen molar-refractivity contribution in [3.8, 4) is 0 Å². The fourth-order valence-corrected chi connectivity index (χ4v) is 1.80. The van der Waals surface area contributed by atoms with E-state index in [1.807, 2.05) is 13.8 Å². The molecule has 4 nitrogen and oxygen atoms in total. The van der Waals surface area contributed by atoms with E-state index in [-0.39, 0.29) is 23.1 Å². The Balaban J connectivity index is 2.54. The molecule has 18 heavy (non-hydrogen) atoms. The molecule has 2 N–H and O–H groups in total. The van der Waals surface area contributed by atoms with Crippen LogP contribution in [0.15, 0.2) is 28.7 Å². The SMILES string of the molecule is CC(C)NC(=O)c1cc2cc(Cl)ccc2oc1=N. The highest BCUT2D eigenvalue weighted by Crippen LogP contribution is 2.18. The lowest BCUT2D eigenvalue weighted by Crippen LogP contribution is -2.33. The van der Waals surface area contributed by atoms with Crippen LogP contribution < -0.4 is 10.9 Å².